The molecule has 6 nitrogen and oxygen atoms in total. The van der Waals surface area contributed by atoms with Crippen molar-refractivity contribution < 1.29 is 14.6 Å². The number of ether oxygens (including phenoxy) is 1. The van der Waals surface area contributed by atoms with Gasteiger partial charge >= 0.3 is 6.09 Å². The topological polar surface area (TPSA) is 75.0 Å². The lowest BCUT2D eigenvalue weighted by Gasteiger charge is -2.15. The van der Waals surface area contributed by atoms with Crippen molar-refractivity contribution in [2.75, 3.05) is 7.11 Å². The molecule has 0 atom stereocenters. The third-order valence-corrected chi connectivity index (χ3v) is 3.06. The quantitative estimate of drug-likeness (QED) is 0.680. The summed E-state index contributed by atoms with van der Waals surface area (Å²) >= 11 is 0. The van der Waals surface area contributed by atoms with E-state index >= 15 is 0 Å². The van der Waals surface area contributed by atoms with Gasteiger partial charge in [-0.25, -0.2) is 4.79 Å². The molecule has 2 rings (SSSR count). The van der Waals surface area contributed by atoms with E-state index in [1.807, 2.05) is 18.2 Å². The van der Waals surface area contributed by atoms with Crippen LogP contribution in [-0.4, -0.2) is 34.0 Å². The molecular weight excluding hydrogens is 282 g/mol. The number of aromatic nitrogens is 1. The van der Waals surface area contributed by atoms with Crippen LogP contribution in [0.25, 0.3) is 0 Å². The van der Waals surface area contributed by atoms with E-state index in [4.69, 9.17) is 4.74 Å². The summed E-state index contributed by atoms with van der Waals surface area (Å²) < 4.78 is 5.08. The summed E-state index contributed by atoms with van der Waals surface area (Å²) in [6.07, 6.45) is 2.19. The Balaban J connectivity index is 2.17. The Labute approximate surface area is 128 Å². The van der Waals surface area contributed by atoms with E-state index in [9.17, 15) is 9.90 Å². The SMILES string of the molecule is COc1ccc(CN(/N=C(\C)c2cccnc2)C(=O)O)cc1. The fraction of sp³-hybridized carbons (Fsp3) is 0.188. The highest BCUT2D eigenvalue weighted by Gasteiger charge is 2.12. The van der Waals surface area contributed by atoms with Crippen LogP contribution in [0.4, 0.5) is 4.79 Å². The second kappa shape index (κ2) is 7.21. The number of pyridine rings is 1. The van der Waals surface area contributed by atoms with Crippen LogP contribution in [0.15, 0.2) is 53.9 Å². The molecule has 114 valence electrons. The first-order valence-electron chi connectivity index (χ1n) is 6.69. The molecule has 1 heterocycles. The number of methoxy groups -OCH3 is 1. The zero-order chi connectivity index (χ0) is 15.9. The maximum absolute atomic E-state index is 11.4. The Hall–Kier alpha value is -2.89. The highest BCUT2D eigenvalue weighted by Crippen LogP contribution is 2.14. The molecular formula is C16H17N3O3. The van der Waals surface area contributed by atoms with Gasteiger partial charge in [-0.15, -0.1) is 0 Å². The summed E-state index contributed by atoms with van der Waals surface area (Å²) in [5, 5.41) is 14.5. The molecule has 0 aliphatic heterocycles. The predicted octanol–water partition coefficient (Wildman–Crippen LogP) is 2.99. The Kier molecular flexibility index (Phi) is 5.08. The highest BCUT2D eigenvalue weighted by atomic mass is 16.5. The average Bonchev–Trinajstić information content (AvgIpc) is 2.55. The van der Waals surface area contributed by atoms with E-state index in [2.05, 4.69) is 10.1 Å². The summed E-state index contributed by atoms with van der Waals surface area (Å²) in [6.45, 7) is 1.91. The lowest BCUT2D eigenvalue weighted by molar-refractivity contribution is 0.144. The number of rotatable bonds is 5. The lowest BCUT2D eigenvalue weighted by Crippen LogP contribution is -2.25. The van der Waals surface area contributed by atoms with E-state index in [1.54, 1.807) is 44.6 Å². The first-order valence-corrected chi connectivity index (χ1v) is 6.69. The number of hydrogen-bond acceptors (Lipinski definition) is 4. The van der Waals surface area contributed by atoms with Crippen molar-refractivity contribution in [3.05, 3.63) is 59.9 Å². The fourth-order valence-electron chi connectivity index (χ4n) is 1.87. The summed E-state index contributed by atoms with van der Waals surface area (Å²) in [5.41, 5.74) is 2.19. The van der Waals surface area contributed by atoms with Crippen molar-refractivity contribution in [3.63, 3.8) is 0 Å². The molecule has 1 N–H and O–H groups in total. The van der Waals surface area contributed by atoms with Crippen molar-refractivity contribution in [3.8, 4) is 5.75 Å². The van der Waals surface area contributed by atoms with Gasteiger partial charge in [-0.05, 0) is 30.7 Å². The maximum Gasteiger partial charge on any atom is 0.428 e. The first-order chi connectivity index (χ1) is 10.6. The zero-order valence-electron chi connectivity index (χ0n) is 12.4. The number of hydrogen-bond donors (Lipinski definition) is 1. The number of carboxylic acid groups (broad SMARTS) is 1. The summed E-state index contributed by atoms with van der Waals surface area (Å²) in [5.74, 6) is 0.723. The molecule has 2 aromatic rings. The van der Waals surface area contributed by atoms with Gasteiger partial charge < -0.3 is 9.84 Å². The Morgan fingerprint density at radius 3 is 2.59 bits per heavy atom. The van der Waals surface area contributed by atoms with Crippen LogP contribution in [-0.2, 0) is 6.54 Å². The molecule has 1 aromatic heterocycles. The van der Waals surface area contributed by atoms with Crippen LogP contribution in [0.5, 0.6) is 5.75 Å². The van der Waals surface area contributed by atoms with Crippen molar-refractivity contribution in [2.45, 2.75) is 13.5 Å². The van der Waals surface area contributed by atoms with Gasteiger partial charge in [-0.3, -0.25) is 4.98 Å². The number of amides is 1. The van der Waals surface area contributed by atoms with E-state index in [1.165, 1.54) is 0 Å². The number of hydrazone groups is 1. The van der Waals surface area contributed by atoms with E-state index in [0.717, 1.165) is 21.9 Å². The normalized spacial score (nSPS) is 11.1. The van der Waals surface area contributed by atoms with Gasteiger partial charge in [-0.2, -0.15) is 10.1 Å². The van der Waals surface area contributed by atoms with Crippen molar-refractivity contribution in [2.24, 2.45) is 5.10 Å². The molecule has 0 aliphatic carbocycles. The molecule has 0 bridgehead atoms. The zero-order valence-corrected chi connectivity index (χ0v) is 12.4. The Bertz CT molecular complexity index is 654. The largest absolute Gasteiger partial charge is 0.497 e. The van der Waals surface area contributed by atoms with E-state index in [-0.39, 0.29) is 6.54 Å². The monoisotopic (exact) mass is 299 g/mol. The second-order valence-corrected chi connectivity index (χ2v) is 4.62. The molecule has 0 saturated carbocycles. The van der Waals surface area contributed by atoms with E-state index < -0.39 is 6.09 Å². The number of carbonyl (C=O) groups is 1. The van der Waals surface area contributed by atoms with Crippen LogP contribution in [0.3, 0.4) is 0 Å². The molecule has 0 spiro atoms. The standard InChI is InChI=1S/C16H17N3O3/c1-12(14-4-3-9-17-10-14)18-19(16(20)21)11-13-5-7-15(22-2)8-6-13/h3-10H,11H2,1-2H3,(H,20,21)/b18-12+. The lowest BCUT2D eigenvalue weighted by atomic mass is 10.2. The summed E-state index contributed by atoms with van der Waals surface area (Å²) in [4.78, 5) is 15.4. The minimum absolute atomic E-state index is 0.164. The minimum atomic E-state index is -1.11. The molecule has 1 aromatic carbocycles. The molecule has 0 unspecified atom stereocenters. The molecule has 22 heavy (non-hydrogen) atoms. The van der Waals surface area contributed by atoms with Crippen LogP contribution in [0, 0.1) is 0 Å². The van der Waals surface area contributed by atoms with Gasteiger partial charge in [0.25, 0.3) is 0 Å². The van der Waals surface area contributed by atoms with Crippen molar-refractivity contribution >= 4 is 11.8 Å². The third-order valence-electron chi connectivity index (χ3n) is 3.06. The summed E-state index contributed by atoms with van der Waals surface area (Å²) in [7, 11) is 1.58. The van der Waals surface area contributed by atoms with Crippen LogP contribution < -0.4 is 4.74 Å². The average molecular weight is 299 g/mol. The molecule has 6 heteroatoms. The predicted molar refractivity (Wildman–Crippen MR) is 83.0 cm³/mol. The van der Waals surface area contributed by atoms with Crippen LogP contribution in [0.2, 0.25) is 0 Å². The summed E-state index contributed by atoms with van der Waals surface area (Å²) in [6, 6.07) is 10.8. The molecule has 0 radical (unpaired) electrons. The molecule has 0 fully saturated rings. The first kappa shape index (κ1) is 15.5. The fourth-order valence-corrected chi connectivity index (χ4v) is 1.87. The van der Waals surface area contributed by atoms with Gasteiger partial charge in [0.1, 0.15) is 5.75 Å². The second-order valence-electron chi connectivity index (χ2n) is 4.62. The highest BCUT2D eigenvalue weighted by molar-refractivity contribution is 5.98. The third kappa shape index (κ3) is 4.05. The minimum Gasteiger partial charge on any atom is -0.497 e. The smallest absolute Gasteiger partial charge is 0.428 e. The van der Waals surface area contributed by atoms with Gasteiger partial charge in [-0.1, -0.05) is 18.2 Å². The van der Waals surface area contributed by atoms with Gasteiger partial charge in [0.15, 0.2) is 0 Å². The van der Waals surface area contributed by atoms with Crippen molar-refractivity contribution in [1.82, 2.24) is 9.99 Å². The van der Waals surface area contributed by atoms with Crippen molar-refractivity contribution in [1.29, 1.82) is 0 Å². The van der Waals surface area contributed by atoms with Crippen LogP contribution >= 0.6 is 0 Å². The van der Waals surface area contributed by atoms with Gasteiger partial charge in [0.2, 0.25) is 0 Å². The van der Waals surface area contributed by atoms with E-state index in [0.29, 0.717) is 5.71 Å². The van der Waals surface area contributed by atoms with Gasteiger partial charge in [0, 0.05) is 18.0 Å². The van der Waals surface area contributed by atoms with Gasteiger partial charge in [0.05, 0.1) is 19.4 Å². The Morgan fingerprint density at radius 1 is 1.32 bits per heavy atom. The molecule has 0 saturated heterocycles. The molecule has 1 amide bonds. The number of benzene rings is 1. The molecule has 0 aliphatic rings. The number of nitrogens with zero attached hydrogens (tertiary/aromatic N) is 3. The Morgan fingerprint density at radius 2 is 2.05 bits per heavy atom. The maximum atomic E-state index is 11.4. The van der Waals surface area contributed by atoms with Crippen LogP contribution in [0.1, 0.15) is 18.1 Å².